The number of fused-ring (bicyclic) bond motifs is 1. The summed E-state index contributed by atoms with van der Waals surface area (Å²) in [4.78, 5) is 27.3. The van der Waals surface area contributed by atoms with Gasteiger partial charge in [0, 0.05) is 18.3 Å². The van der Waals surface area contributed by atoms with Crippen LogP contribution >= 0.6 is 0 Å². The number of aromatic amines is 1. The minimum Gasteiger partial charge on any atom is -0.352 e. The van der Waals surface area contributed by atoms with Gasteiger partial charge in [0.25, 0.3) is 11.5 Å². The summed E-state index contributed by atoms with van der Waals surface area (Å²) in [5.41, 5.74) is 2.44. The zero-order chi connectivity index (χ0) is 18.6. The first-order chi connectivity index (χ1) is 13.2. The number of amides is 1. The number of para-hydroxylation sites is 2. The molecular formula is C21H18N4O2. The van der Waals surface area contributed by atoms with Crippen molar-refractivity contribution in [2.75, 3.05) is 6.54 Å². The van der Waals surface area contributed by atoms with E-state index in [1.165, 1.54) is 0 Å². The zero-order valence-corrected chi connectivity index (χ0v) is 14.6. The van der Waals surface area contributed by atoms with Crippen molar-refractivity contribution >= 4 is 16.8 Å². The van der Waals surface area contributed by atoms with Gasteiger partial charge in [-0.3, -0.25) is 9.59 Å². The second-order valence-electron chi connectivity index (χ2n) is 6.23. The molecule has 0 aliphatic carbocycles. The second-order valence-corrected chi connectivity index (χ2v) is 6.23. The topological polar surface area (TPSA) is 79.8 Å². The van der Waals surface area contributed by atoms with Crippen LogP contribution in [0.1, 0.15) is 15.9 Å². The van der Waals surface area contributed by atoms with Crippen LogP contribution in [-0.2, 0) is 6.42 Å². The molecule has 0 atom stereocenters. The summed E-state index contributed by atoms with van der Waals surface area (Å²) in [6, 6.07) is 18.8. The second kappa shape index (κ2) is 7.29. The van der Waals surface area contributed by atoms with Gasteiger partial charge in [-0.05, 0) is 41.6 Å². The molecule has 134 valence electrons. The predicted octanol–water partition coefficient (Wildman–Crippen LogP) is 2.69. The fourth-order valence-electron chi connectivity index (χ4n) is 2.94. The average Bonchev–Trinajstić information content (AvgIpc) is 3.17. The first-order valence-electron chi connectivity index (χ1n) is 8.70. The molecule has 0 spiro atoms. The van der Waals surface area contributed by atoms with Gasteiger partial charge in [-0.2, -0.15) is 5.10 Å². The Morgan fingerprint density at radius 3 is 2.70 bits per heavy atom. The number of hydrogen-bond acceptors (Lipinski definition) is 3. The SMILES string of the molecule is O=C(NCCc1cnn(-c2ccccc2)c1)c1cc2ccccc2[nH]c1=O. The lowest BCUT2D eigenvalue weighted by atomic mass is 10.1. The summed E-state index contributed by atoms with van der Waals surface area (Å²) in [6.07, 6.45) is 4.34. The van der Waals surface area contributed by atoms with E-state index in [1.54, 1.807) is 16.9 Å². The molecule has 0 aliphatic rings. The van der Waals surface area contributed by atoms with Crippen molar-refractivity contribution in [3.05, 3.63) is 94.5 Å². The van der Waals surface area contributed by atoms with Crippen LogP contribution in [0.25, 0.3) is 16.6 Å². The van der Waals surface area contributed by atoms with Crippen molar-refractivity contribution in [1.82, 2.24) is 20.1 Å². The number of carbonyl (C=O) groups is 1. The summed E-state index contributed by atoms with van der Waals surface area (Å²) >= 11 is 0. The number of H-pyrrole nitrogens is 1. The summed E-state index contributed by atoms with van der Waals surface area (Å²) in [5.74, 6) is -0.377. The van der Waals surface area contributed by atoms with Crippen LogP contribution in [0.15, 0.2) is 77.9 Å². The van der Waals surface area contributed by atoms with Crippen LogP contribution in [0.3, 0.4) is 0 Å². The van der Waals surface area contributed by atoms with Crippen LogP contribution in [0.4, 0.5) is 0 Å². The summed E-state index contributed by atoms with van der Waals surface area (Å²) in [7, 11) is 0. The monoisotopic (exact) mass is 358 g/mol. The van der Waals surface area contributed by atoms with Crippen molar-refractivity contribution in [2.45, 2.75) is 6.42 Å². The number of nitrogens with zero attached hydrogens (tertiary/aromatic N) is 2. The molecule has 2 aromatic carbocycles. The molecule has 0 radical (unpaired) electrons. The third-order valence-corrected chi connectivity index (χ3v) is 4.35. The molecule has 0 saturated carbocycles. The predicted molar refractivity (Wildman–Crippen MR) is 104 cm³/mol. The number of hydrogen-bond donors (Lipinski definition) is 2. The Hall–Kier alpha value is -3.67. The number of aromatic nitrogens is 3. The third-order valence-electron chi connectivity index (χ3n) is 4.35. The molecule has 0 unspecified atom stereocenters. The van der Waals surface area contributed by atoms with Crippen molar-refractivity contribution in [3.63, 3.8) is 0 Å². The summed E-state index contributed by atoms with van der Waals surface area (Å²) in [6.45, 7) is 0.422. The van der Waals surface area contributed by atoms with Gasteiger partial charge < -0.3 is 10.3 Å². The number of benzene rings is 2. The largest absolute Gasteiger partial charge is 0.352 e. The molecule has 6 heteroatoms. The van der Waals surface area contributed by atoms with E-state index in [2.05, 4.69) is 15.4 Å². The Bertz CT molecular complexity index is 1150. The lowest BCUT2D eigenvalue weighted by Gasteiger charge is -2.05. The third kappa shape index (κ3) is 3.64. The van der Waals surface area contributed by atoms with Gasteiger partial charge >= 0.3 is 0 Å². The molecule has 0 bridgehead atoms. The van der Waals surface area contributed by atoms with Gasteiger partial charge in [-0.25, -0.2) is 4.68 Å². The first-order valence-corrected chi connectivity index (χ1v) is 8.70. The Balaban J connectivity index is 1.41. The van der Waals surface area contributed by atoms with Crippen molar-refractivity contribution in [2.24, 2.45) is 0 Å². The number of carbonyl (C=O) groups excluding carboxylic acids is 1. The molecule has 4 rings (SSSR count). The van der Waals surface area contributed by atoms with E-state index < -0.39 is 0 Å². The van der Waals surface area contributed by atoms with Crippen LogP contribution in [-0.4, -0.2) is 27.2 Å². The highest BCUT2D eigenvalue weighted by Gasteiger charge is 2.11. The normalized spacial score (nSPS) is 10.8. The molecule has 0 fully saturated rings. The van der Waals surface area contributed by atoms with Gasteiger partial charge in [0.1, 0.15) is 5.56 Å². The lowest BCUT2D eigenvalue weighted by Crippen LogP contribution is -2.30. The zero-order valence-electron chi connectivity index (χ0n) is 14.6. The Kier molecular flexibility index (Phi) is 4.53. The molecule has 2 N–H and O–H groups in total. The number of rotatable bonds is 5. The van der Waals surface area contributed by atoms with Crippen LogP contribution in [0.5, 0.6) is 0 Å². The molecule has 0 saturated heterocycles. The van der Waals surface area contributed by atoms with Crippen LogP contribution in [0.2, 0.25) is 0 Å². The Morgan fingerprint density at radius 2 is 1.85 bits per heavy atom. The van der Waals surface area contributed by atoms with Gasteiger partial charge in [0.05, 0.1) is 11.9 Å². The maximum atomic E-state index is 12.4. The highest BCUT2D eigenvalue weighted by molar-refractivity contribution is 5.97. The fraction of sp³-hybridized carbons (Fsp3) is 0.0952. The first kappa shape index (κ1) is 16.8. The van der Waals surface area contributed by atoms with Crippen LogP contribution < -0.4 is 10.9 Å². The fourth-order valence-corrected chi connectivity index (χ4v) is 2.94. The standard InChI is InChI=1S/C21H18N4O2/c26-20(18-12-16-6-4-5-9-19(16)24-21(18)27)22-11-10-15-13-23-25(14-15)17-7-2-1-3-8-17/h1-9,12-14H,10-11H2,(H,22,26)(H,24,27). The quantitative estimate of drug-likeness (QED) is 0.576. The van der Waals surface area contributed by atoms with E-state index in [9.17, 15) is 9.59 Å². The molecule has 1 amide bonds. The minimum absolute atomic E-state index is 0.119. The molecule has 27 heavy (non-hydrogen) atoms. The van der Waals surface area contributed by atoms with Gasteiger partial charge in [-0.15, -0.1) is 0 Å². The van der Waals surface area contributed by atoms with E-state index >= 15 is 0 Å². The summed E-state index contributed by atoms with van der Waals surface area (Å²) in [5, 5.41) is 7.97. The smallest absolute Gasteiger partial charge is 0.261 e. The lowest BCUT2D eigenvalue weighted by molar-refractivity contribution is 0.0953. The van der Waals surface area contributed by atoms with E-state index in [1.807, 2.05) is 60.8 Å². The molecule has 6 nitrogen and oxygen atoms in total. The molecular weight excluding hydrogens is 340 g/mol. The molecule has 0 aliphatic heterocycles. The van der Waals surface area contributed by atoms with Gasteiger partial charge in [0.2, 0.25) is 0 Å². The van der Waals surface area contributed by atoms with E-state index in [0.29, 0.717) is 18.5 Å². The maximum Gasteiger partial charge on any atom is 0.261 e. The average molecular weight is 358 g/mol. The summed E-state index contributed by atoms with van der Waals surface area (Å²) < 4.78 is 1.80. The van der Waals surface area contributed by atoms with Gasteiger partial charge in [-0.1, -0.05) is 36.4 Å². The van der Waals surface area contributed by atoms with Crippen molar-refractivity contribution < 1.29 is 4.79 Å². The van der Waals surface area contributed by atoms with Crippen molar-refractivity contribution in [3.8, 4) is 5.69 Å². The van der Waals surface area contributed by atoms with E-state index in [4.69, 9.17) is 0 Å². The van der Waals surface area contributed by atoms with Crippen molar-refractivity contribution in [1.29, 1.82) is 0 Å². The maximum absolute atomic E-state index is 12.4. The number of nitrogens with one attached hydrogen (secondary N) is 2. The highest BCUT2D eigenvalue weighted by atomic mass is 16.2. The van der Waals surface area contributed by atoms with E-state index in [0.717, 1.165) is 16.6 Å². The Morgan fingerprint density at radius 1 is 1.07 bits per heavy atom. The molecule has 2 aromatic heterocycles. The minimum atomic E-state index is -0.386. The van der Waals surface area contributed by atoms with E-state index in [-0.39, 0.29) is 17.0 Å². The Labute approximate surface area is 155 Å². The number of pyridine rings is 1. The highest BCUT2D eigenvalue weighted by Crippen LogP contribution is 2.10. The van der Waals surface area contributed by atoms with Gasteiger partial charge in [0.15, 0.2) is 0 Å². The molecule has 4 aromatic rings. The molecule has 2 heterocycles. The van der Waals surface area contributed by atoms with Crippen LogP contribution in [0, 0.1) is 0 Å².